The molecule has 0 aliphatic heterocycles. The topological polar surface area (TPSA) is 55.4 Å². The van der Waals surface area contributed by atoms with E-state index in [4.69, 9.17) is 4.74 Å². The molecule has 1 atom stereocenters. The van der Waals surface area contributed by atoms with Crippen molar-refractivity contribution in [3.8, 4) is 5.75 Å². The number of Topliss-reactive ketones (excluding diaryl/α,β-unsaturated/α-hetero) is 1. The largest absolute Gasteiger partial charge is 0.484 e. The van der Waals surface area contributed by atoms with E-state index in [1.807, 2.05) is 30.3 Å². The summed E-state index contributed by atoms with van der Waals surface area (Å²) < 4.78 is 5.50. The first-order valence-electron chi connectivity index (χ1n) is 8.05. The Balaban J connectivity index is 1.93. The molecule has 1 N–H and O–H groups in total. The lowest BCUT2D eigenvalue weighted by Crippen LogP contribution is -2.35. The van der Waals surface area contributed by atoms with Crippen LogP contribution in [-0.4, -0.2) is 18.3 Å². The van der Waals surface area contributed by atoms with Crippen LogP contribution in [0.2, 0.25) is 0 Å². The smallest absolute Gasteiger partial charge is 0.258 e. The molecule has 2 aromatic rings. The lowest BCUT2D eigenvalue weighted by atomic mass is 9.96. The minimum atomic E-state index is -0.173. The molecule has 1 amide bonds. The standard InChI is InChI=1S/C20H23NO3/c1-14(2)20(17-7-5-4-6-8-17)21-19(23)13-24-18-11-9-16(10-12-18)15(3)22/h4-12,14,20H,13H2,1-3H3,(H,21,23)/t20-/m1/s1. The molecule has 4 heteroatoms. The zero-order chi connectivity index (χ0) is 17.5. The summed E-state index contributed by atoms with van der Waals surface area (Å²) in [5.74, 6) is 0.664. The summed E-state index contributed by atoms with van der Waals surface area (Å²) in [6, 6.07) is 16.6. The number of carbonyl (C=O) groups excluding carboxylic acids is 2. The van der Waals surface area contributed by atoms with Crippen LogP contribution in [0.4, 0.5) is 0 Å². The highest BCUT2D eigenvalue weighted by molar-refractivity contribution is 5.94. The fraction of sp³-hybridized carbons (Fsp3) is 0.300. The molecular weight excluding hydrogens is 302 g/mol. The van der Waals surface area contributed by atoms with Crippen molar-refractivity contribution in [3.05, 3.63) is 65.7 Å². The first-order chi connectivity index (χ1) is 11.5. The Labute approximate surface area is 142 Å². The van der Waals surface area contributed by atoms with Crippen molar-refractivity contribution in [2.75, 3.05) is 6.61 Å². The summed E-state index contributed by atoms with van der Waals surface area (Å²) >= 11 is 0. The Morgan fingerprint density at radius 2 is 1.62 bits per heavy atom. The lowest BCUT2D eigenvalue weighted by Gasteiger charge is -2.23. The third-order valence-electron chi connectivity index (χ3n) is 3.77. The van der Waals surface area contributed by atoms with Gasteiger partial charge in [-0.2, -0.15) is 0 Å². The van der Waals surface area contributed by atoms with Crippen molar-refractivity contribution in [1.29, 1.82) is 0 Å². The minimum absolute atomic E-state index is 0.00179. The molecular formula is C20H23NO3. The molecule has 24 heavy (non-hydrogen) atoms. The van der Waals surface area contributed by atoms with Crippen LogP contribution < -0.4 is 10.1 Å². The van der Waals surface area contributed by atoms with Crippen molar-refractivity contribution in [3.63, 3.8) is 0 Å². The third kappa shape index (κ3) is 4.95. The molecule has 0 aliphatic carbocycles. The van der Waals surface area contributed by atoms with Gasteiger partial charge in [-0.3, -0.25) is 9.59 Å². The predicted octanol–water partition coefficient (Wildman–Crippen LogP) is 3.78. The van der Waals surface area contributed by atoms with E-state index in [-0.39, 0.29) is 30.3 Å². The first-order valence-corrected chi connectivity index (χ1v) is 8.05. The van der Waals surface area contributed by atoms with E-state index in [2.05, 4.69) is 19.2 Å². The molecule has 0 spiro atoms. The van der Waals surface area contributed by atoms with Gasteiger partial charge < -0.3 is 10.1 Å². The quantitative estimate of drug-likeness (QED) is 0.788. The average molecular weight is 325 g/mol. The minimum Gasteiger partial charge on any atom is -0.484 e. The van der Waals surface area contributed by atoms with Gasteiger partial charge in [0.2, 0.25) is 0 Å². The number of nitrogens with one attached hydrogen (secondary N) is 1. The van der Waals surface area contributed by atoms with Crippen molar-refractivity contribution in [2.24, 2.45) is 5.92 Å². The molecule has 0 saturated heterocycles. The van der Waals surface area contributed by atoms with E-state index in [0.717, 1.165) is 5.56 Å². The summed E-state index contributed by atoms with van der Waals surface area (Å²) in [7, 11) is 0. The Morgan fingerprint density at radius 1 is 1.00 bits per heavy atom. The van der Waals surface area contributed by atoms with Crippen molar-refractivity contribution < 1.29 is 14.3 Å². The maximum absolute atomic E-state index is 12.2. The number of ether oxygens (including phenoxy) is 1. The number of hydrogen-bond donors (Lipinski definition) is 1. The number of rotatable bonds is 7. The molecule has 0 bridgehead atoms. The van der Waals surface area contributed by atoms with Crippen LogP contribution in [0, 0.1) is 5.92 Å². The van der Waals surface area contributed by atoms with E-state index in [1.165, 1.54) is 6.92 Å². The van der Waals surface area contributed by atoms with Crippen molar-refractivity contribution >= 4 is 11.7 Å². The zero-order valence-electron chi connectivity index (χ0n) is 14.3. The molecule has 0 aromatic heterocycles. The van der Waals surface area contributed by atoms with E-state index < -0.39 is 0 Å². The second-order valence-corrected chi connectivity index (χ2v) is 6.07. The van der Waals surface area contributed by atoms with Gasteiger partial charge in [-0.25, -0.2) is 0 Å². The number of ketones is 1. The Kier molecular flexibility index (Phi) is 6.13. The molecule has 2 rings (SSSR count). The SMILES string of the molecule is CC(=O)c1ccc(OCC(=O)N[C@@H](c2ccccc2)C(C)C)cc1. The number of hydrogen-bond acceptors (Lipinski definition) is 3. The van der Waals surface area contributed by atoms with Gasteiger partial charge in [0.05, 0.1) is 6.04 Å². The molecule has 0 heterocycles. The normalized spacial score (nSPS) is 11.8. The highest BCUT2D eigenvalue weighted by Gasteiger charge is 2.18. The second kappa shape index (κ2) is 8.29. The molecule has 0 radical (unpaired) electrons. The van der Waals surface area contributed by atoms with Gasteiger partial charge in [-0.15, -0.1) is 0 Å². The lowest BCUT2D eigenvalue weighted by molar-refractivity contribution is -0.124. The Bertz CT molecular complexity index is 678. The summed E-state index contributed by atoms with van der Waals surface area (Å²) in [4.78, 5) is 23.4. The van der Waals surface area contributed by atoms with E-state index in [0.29, 0.717) is 11.3 Å². The zero-order valence-corrected chi connectivity index (χ0v) is 14.3. The van der Waals surface area contributed by atoms with Crippen LogP contribution in [0.15, 0.2) is 54.6 Å². The summed E-state index contributed by atoms with van der Waals surface area (Å²) in [6.45, 7) is 5.59. The van der Waals surface area contributed by atoms with Gasteiger partial charge in [-0.05, 0) is 42.7 Å². The molecule has 4 nitrogen and oxygen atoms in total. The fourth-order valence-electron chi connectivity index (χ4n) is 2.45. The molecule has 0 unspecified atom stereocenters. The number of benzene rings is 2. The molecule has 0 fully saturated rings. The highest BCUT2D eigenvalue weighted by atomic mass is 16.5. The van der Waals surface area contributed by atoms with Gasteiger partial charge in [0.25, 0.3) is 5.91 Å². The molecule has 2 aromatic carbocycles. The van der Waals surface area contributed by atoms with Crippen LogP contribution in [0.3, 0.4) is 0 Å². The summed E-state index contributed by atoms with van der Waals surface area (Å²) in [5, 5.41) is 3.01. The third-order valence-corrected chi connectivity index (χ3v) is 3.77. The summed E-state index contributed by atoms with van der Waals surface area (Å²) in [6.07, 6.45) is 0. The molecule has 0 saturated carbocycles. The van der Waals surface area contributed by atoms with E-state index >= 15 is 0 Å². The van der Waals surface area contributed by atoms with Gasteiger partial charge >= 0.3 is 0 Å². The van der Waals surface area contributed by atoms with Gasteiger partial charge in [0.1, 0.15) is 5.75 Å². The maximum Gasteiger partial charge on any atom is 0.258 e. The van der Waals surface area contributed by atoms with E-state index in [9.17, 15) is 9.59 Å². The Hall–Kier alpha value is -2.62. The van der Waals surface area contributed by atoms with Crippen LogP contribution in [0.5, 0.6) is 5.75 Å². The first kappa shape index (κ1) is 17.7. The number of carbonyl (C=O) groups is 2. The van der Waals surface area contributed by atoms with Crippen LogP contribution >= 0.6 is 0 Å². The van der Waals surface area contributed by atoms with Crippen LogP contribution in [-0.2, 0) is 4.79 Å². The predicted molar refractivity (Wildman–Crippen MR) is 94.1 cm³/mol. The van der Waals surface area contributed by atoms with Crippen molar-refractivity contribution in [1.82, 2.24) is 5.32 Å². The monoisotopic (exact) mass is 325 g/mol. The summed E-state index contributed by atoms with van der Waals surface area (Å²) in [5.41, 5.74) is 1.70. The maximum atomic E-state index is 12.2. The van der Waals surface area contributed by atoms with Gasteiger partial charge in [0.15, 0.2) is 12.4 Å². The van der Waals surface area contributed by atoms with Crippen LogP contribution in [0.25, 0.3) is 0 Å². The fourth-order valence-corrected chi connectivity index (χ4v) is 2.45. The van der Waals surface area contributed by atoms with E-state index in [1.54, 1.807) is 24.3 Å². The highest BCUT2D eigenvalue weighted by Crippen LogP contribution is 2.21. The molecule has 126 valence electrons. The van der Waals surface area contributed by atoms with Gasteiger partial charge in [-0.1, -0.05) is 44.2 Å². The average Bonchev–Trinajstić information content (AvgIpc) is 2.58. The molecule has 0 aliphatic rings. The Morgan fingerprint density at radius 3 is 2.17 bits per heavy atom. The number of amides is 1. The van der Waals surface area contributed by atoms with Crippen LogP contribution in [0.1, 0.15) is 42.7 Å². The second-order valence-electron chi connectivity index (χ2n) is 6.07. The van der Waals surface area contributed by atoms with Crippen molar-refractivity contribution in [2.45, 2.75) is 26.8 Å². The van der Waals surface area contributed by atoms with Gasteiger partial charge in [0, 0.05) is 5.56 Å².